The summed E-state index contributed by atoms with van der Waals surface area (Å²) in [5.41, 5.74) is 0.192. The van der Waals surface area contributed by atoms with Gasteiger partial charge in [-0.05, 0) is 30.3 Å². The third kappa shape index (κ3) is 3.21. The van der Waals surface area contributed by atoms with Crippen LogP contribution in [-0.4, -0.2) is 13.0 Å². The Hall–Kier alpha value is -2.49. The Balaban J connectivity index is 2.25. The normalized spacial score (nSPS) is 11.7. The Morgan fingerprint density at radius 2 is 1.76 bits per heavy atom. The first-order valence-corrected chi connectivity index (χ1v) is 8.59. The smallest absolute Gasteiger partial charge is 0.415 e. The first-order chi connectivity index (χ1) is 11.7. The molecule has 6 nitrogen and oxygen atoms in total. The largest absolute Gasteiger partial charge is 0.424 e. The molecule has 0 fully saturated rings. The van der Waals surface area contributed by atoms with Gasteiger partial charge in [0.15, 0.2) is 4.90 Å². The minimum atomic E-state index is -4.59. The van der Waals surface area contributed by atoms with Gasteiger partial charge in [0.05, 0.1) is 11.4 Å². The van der Waals surface area contributed by atoms with Gasteiger partial charge in [-0.1, -0.05) is 17.7 Å². The minimum absolute atomic E-state index is 0.00559. The molecule has 0 atom stereocenters. The molecule has 1 heterocycles. The second-order valence-electron chi connectivity index (χ2n) is 5.02. The molecule has 25 heavy (non-hydrogen) atoms. The van der Waals surface area contributed by atoms with E-state index in [4.69, 9.17) is 21.2 Å². The molecule has 0 amide bonds. The summed E-state index contributed by atoms with van der Waals surface area (Å²) in [5, 5.41) is 5.12. The van der Waals surface area contributed by atoms with Crippen molar-refractivity contribution < 1.29 is 21.6 Å². The molecule has 0 aliphatic heterocycles. The summed E-state index contributed by atoms with van der Waals surface area (Å²) >= 11 is 5.89. The van der Waals surface area contributed by atoms with Crippen LogP contribution >= 0.6 is 11.6 Å². The van der Waals surface area contributed by atoms with Crippen molar-refractivity contribution in [3.8, 4) is 16.9 Å². The van der Waals surface area contributed by atoms with Gasteiger partial charge in [-0.3, -0.25) is 0 Å². The lowest BCUT2D eigenvalue weighted by Gasteiger charge is -2.09. The van der Waals surface area contributed by atoms with Gasteiger partial charge in [0.2, 0.25) is 10.0 Å². The number of halogens is 3. The van der Waals surface area contributed by atoms with Crippen molar-refractivity contribution in [1.82, 2.24) is 4.57 Å². The highest BCUT2D eigenvalue weighted by Crippen LogP contribution is 2.28. The topological polar surface area (TPSA) is 95.3 Å². The third-order valence-corrected chi connectivity index (χ3v) is 4.53. The van der Waals surface area contributed by atoms with Gasteiger partial charge in [-0.2, -0.15) is 0 Å². The molecule has 0 aliphatic carbocycles. The zero-order valence-corrected chi connectivity index (χ0v) is 13.8. The standard InChI is InChI=1S/C15H9ClF2N2O4S/c16-9-2-1-3-10(6-9)20-13(7-24-15(20)21)8-4-11(17)14(12(18)5-8)25(19,22)23/h1-7H,(H2,19,22,23). The van der Waals surface area contributed by atoms with Crippen LogP contribution in [0.1, 0.15) is 0 Å². The summed E-state index contributed by atoms with van der Waals surface area (Å²) in [7, 11) is -4.59. The second kappa shape index (κ2) is 6.10. The molecule has 3 aromatic rings. The Labute approximate surface area is 145 Å². The number of hydrogen-bond acceptors (Lipinski definition) is 4. The average molecular weight is 387 g/mol. The van der Waals surface area contributed by atoms with E-state index in [-0.39, 0.29) is 11.3 Å². The highest BCUT2D eigenvalue weighted by molar-refractivity contribution is 7.89. The van der Waals surface area contributed by atoms with Gasteiger partial charge in [0.25, 0.3) is 0 Å². The molecule has 0 bridgehead atoms. The fraction of sp³-hybridized carbons (Fsp3) is 0. The van der Waals surface area contributed by atoms with Crippen molar-refractivity contribution in [3.63, 3.8) is 0 Å². The maximum Gasteiger partial charge on any atom is 0.424 e. The first-order valence-electron chi connectivity index (χ1n) is 6.67. The summed E-state index contributed by atoms with van der Waals surface area (Å²) < 4.78 is 56.5. The number of sulfonamides is 1. The lowest BCUT2D eigenvalue weighted by molar-refractivity contribution is 0.504. The number of primary sulfonamides is 1. The van der Waals surface area contributed by atoms with E-state index in [1.807, 2.05) is 0 Å². The van der Waals surface area contributed by atoms with E-state index >= 15 is 0 Å². The summed E-state index contributed by atoms with van der Waals surface area (Å²) in [4.78, 5) is 10.7. The lowest BCUT2D eigenvalue weighted by atomic mass is 10.1. The van der Waals surface area contributed by atoms with Crippen LogP contribution in [0.4, 0.5) is 8.78 Å². The van der Waals surface area contributed by atoms with Crippen molar-refractivity contribution >= 4 is 21.6 Å². The maximum atomic E-state index is 14.1. The molecule has 0 saturated carbocycles. The van der Waals surface area contributed by atoms with E-state index in [0.717, 1.165) is 23.0 Å². The van der Waals surface area contributed by atoms with Gasteiger partial charge in [0.1, 0.15) is 17.9 Å². The van der Waals surface area contributed by atoms with E-state index in [2.05, 4.69) is 0 Å². The van der Waals surface area contributed by atoms with Crippen molar-refractivity contribution in [2.24, 2.45) is 5.14 Å². The number of aromatic nitrogens is 1. The fourth-order valence-corrected chi connectivity index (χ4v) is 3.19. The molecule has 0 spiro atoms. The van der Waals surface area contributed by atoms with Crippen LogP contribution in [0, 0.1) is 11.6 Å². The zero-order valence-electron chi connectivity index (χ0n) is 12.2. The number of benzene rings is 2. The van der Waals surface area contributed by atoms with Crippen LogP contribution in [0.3, 0.4) is 0 Å². The molecule has 0 radical (unpaired) electrons. The van der Waals surface area contributed by atoms with E-state index < -0.39 is 32.3 Å². The van der Waals surface area contributed by atoms with Crippen LogP contribution in [-0.2, 0) is 10.0 Å². The van der Waals surface area contributed by atoms with Gasteiger partial charge in [-0.15, -0.1) is 0 Å². The maximum absolute atomic E-state index is 14.1. The van der Waals surface area contributed by atoms with Crippen molar-refractivity contribution in [2.75, 3.05) is 0 Å². The summed E-state index contributed by atoms with van der Waals surface area (Å²) in [5.74, 6) is -3.58. The van der Waals surface area contributed by atoms with Gasteiger partial charge < -0.3 is 4.42 Å². The molecule has 3 rings (SSSR count). The Morgan fingerprint density at radius 1 is 1.12 bits per heavy atom. The van der Waals surface area contributed by atoms with Crippen LogP contribution < -0.4 is 10.9 Å². The van der Waals surface area contributed by atoms with Crippen LogP contribution in [0.25, 0.3) is 16.9 Å². The molecule has 2 N–H and O–H groups in total. The molecule has 130 valence electrons. The average Bonchev–Trinajstić information content (AvgIpc) is 2.86. The molecule has 1 aromatic heterocycles. The Kier molecular flexibility index (Phi) is 4.23. The summed E-state index contributed by atoms with van der Waals surface area (Å²) in [6, 6.07) is 7.63. The fourth-order valence-electron chi connectivity index (χ4n) is 2.35. The molecule has 10 heteroatoms. The van der Waals surface area contributed by atoms with Crippen LogP contribution in [0.2, 0.25) is 5.02 Å². The van der Waals surface area contributed by atoms with Gasteiger partial charge in [-0.25, -0.2) is 31.7 Å². The predicted octanol–water partition coefficient (Wildman–Crippen LogP) is 2.68. The molecule has 0 unspecified atom stereocenters. The molecule has 0 aliphatic rings. The summed E-state index contributed by atoms with van der Waals surface area (Å²) in [6.07, 6.45) is 0.994. The predicted molar refractivity (Wildman–Crippen MR) is 86.0 cm³/mol. The SMILES string of the molecule is NS(=O)(=O)c1c(F)cc(-c2coc(=O)n2-c2cccc(Cl)c2)cc1F. The quantitative estimate of drug-likeness (QED) is 0.748. The monoisotopic (exact) mass is 386 g/mol. The molecule has 2 aromatic carbocycles. The lowest BCUT2D eigenvalue weighted by Crippen LogP contribution is -2.17. The van der Waals surface area contributed by atoms with Crippen molar-refractivity contribution in [1.29, 1.82) is 0 Å². The number of nitrogens with zero attached hydrogens (tertiary/aromatic N) is 1. The zero-order chi connectivity index (χ0) is 18.4. The first kappa shape index (κ1) is 17.3. The number of oxazole rings is 1. The molecule has 0 saturated heterocycles. The Bertz CT molecular complexity index is 1120. The van der Waals surface area contributed by atoms with E-state index in [9.17, 15) is 22.0 Å². The minimum Gasteiger partial charge on any atom is -0.415 e. The van der Waals surface area contributed by atoms with Crippen LogP contribution in [0.5, 0.6) is 0 Å². The van der Waals surface area contributed by atoms with Crippen LogP contribution in [0.15, 0.2) is 56.8 Å². The highest BCUT2D eigenvalue weighted by atomic mass is 35.5. The van der Waals surface area contributed by atoms with Crippen molar-refractivity contribution in [2.45, 2.75) is 4.90 Å². The highest BCUT2D eigenvalue weighted by Gasteiger charge is 2.23. The summed E-state index contributed by atoms with van der Waals surface area (Å²) in [6.45, 7) is 0. The van der Waals surface area contributed by atoms with Gasteiger partial charge >= 0.3 is 5.76 Å². The van der Waals surface area contributed by atoms with E-state index in [0.29, 0.717) is 10.7 Å². The van der Waals surface area contributed by atoms with Crippen molar-refractivity contribution in [3.05, 3.63) is 69.9 Å². The van der Waals surface area contributed by atoms with E-state index in [1.165, 1.54) is 12.1 Å². The third-order valence-electron chi connectivity index (χ3n) is 3.34. The molecular weight excluding hydrogens is 378 g/mol. The Morgan fingerprint density at radius 3 is 2.32 bits per heavy atom. The van der Waals surface area contributed by atoms with E-state index in [1.54, 1.807) is 12.1 Å². The van der Waals surface area contributed by atoms with Gasteiger partial charge in [0, 0.05) is 10.6 Å². The molecular formula is C15H9ClF2N2O4S. The number of hydrogen-bond donors (Lipinski definition) is 1. The number of rotatable bonds is 3. The second-order valence-corrected chi connectivity index (χ2v) is 6.95. The number of nitrogens with two attached hydrogens (primary N) is 1.